The second kappa shape index (κ2) is 6.54. The van der Waals surface area contributed by atoms with Crippen LogP contribution in [0.1, 0.15) is 11.1 Å². The molecule has 0 unspecified atom stereocenters. The summed E-state index contributed by atoms with van der Waals surface area (Å²) in [6.45, 7) is 4.04. The van der Waals surface area contributed by atoms with Crippen molar-refractivity contribution in [2.45, 2.75) is 13.5 Å². The lowest BCUT2D eigenvalue weighted by atomic mass is 10.1. The van der Waals surface area contributed by atoms with Crippen molar-refractivity contribution < 1.29 is 9.57 Å². The fourth-order valence-corrected chi connectivity index (χ4v) is 1.12. The fraction of sp³-hybridized carbons (Fsp3) is 0.455. The topological polar surface area (TPSA) is 30.5 Å². The summed E-state index contributed by atoms with van der Waals surface area (Å²) in [5.74, 6) is 0. The van der Waals surface area contributed by atoms with Gasteiger partial charge in [-0.2, -0.15) is 5.48 Å². The number of benzene rings is 1. The van der Waals surface area contributed by atoms with Gasteiger partial charge in [-0.15, -0.1) is 0 Å². The first-order valence-corrected chi connectivity index (χ1v) is 4.72. The first-order valence-electron chi connectivity index (χ1n) is 4.72. The lowest BCUT2D eigenvalue weighted by Gasteiger charge is -2.07. The minimum Gasteiger partial charge on any atom is -0.383 e. The van der Waals surface area contributed by atoms with Crippen molar-refractivity contribution in [3.63, 3.8) is 0 Å². The van der Waals surface area contributed by atoms with Crippen molar-refractivity contribution in [2.24, 2.45) is 0 Å². The minimum atomic E-state index is 0.594. The van der Waals surface area contributed by atoms with Crippen LogP contribution in [-0.4, -0.2) is 20.3 Å². The molecule has 0 aliphatic carbocycles. The third kappa shape index (κ3) is 3.87. The van der Waals surface area contributed by atoms with Gasteiger partial charge in [-0.1, -0.05) is 24.3 Å². The smallest absolute Gasteiger partial charge is 0.0935 e. The summed E-state index contributed by atoms with van der Waals surface area (Å²) in [5.41, 5.74) is 5.29. The highest BCUT2D eigenvalue weighted by Gasteiger charge is 1.95. The largest absolute Gasteiger partial charge is 0.383 e. The molecule has 0 amide bonds. The Morgan fingerprint density at radius 3 is 2.79 bits per heavy atom. The van der Waals surface area contributed by atoms with E-state index in [9.17, 15) is 0 Å². The van der Waals surface area contributed by atoms with Crippen LogP contribution >= 0.6 is 0 Å². The second-order valence-corrected chi connectivity index (χ2v) is 3.10. The third-order valence-electron chi connectivity index (χ3n) is 2.00. The van der Waals surface area contributed by atoms with E-state index in [1.54, 1.807) is 7.11 Å². The van der Waals surface area contributed by atoms with Gasteiger partial charge < -0.3 is 4.74 Å². The van der Waals surface area contributed by atoms with Gasteiger partial charge in [0.25, 0.3) is 0 Å². The van der Waals surface area contributed by atoms with Crippen molar-refractivity contribution >= 4 is 0 Å². The summed E-state index contributed by atoms with van der Waals surface area (Å²) >= 11 is 0. The average Bonchev–Trinajstić information content (AvgIpc) is 2.20. The number of nitrogens with one attached hydrogen (secondary N) is 1. The number of methoxy groups -OCH3 is 1. The summed E-state index contributed by atoms with van der Waals surface area (Å²) in [6, 6.07) is 8.18. The lowest BCUT2D eigenvalue weighted by molar-refractivity contribution is 0.0150. The molecule has 0 heterocycles. The van der Waals surface area contributed by atoms with Crippen LogP contribution in [0.25, 0.3) is 0 Å². The van der Waals surface area contributed by atoms with E-state index >= 15 is 0 Å². The molecular formula is C11H17NO2. The van der Waals surface area contributed by atoms with Crippen molar-refractivity contribution in [1.29, 1.82) is 0 Å². The Kier molecular flexibility index (Phi) is 5.22. The molecule has 0 aliphatic heterocycles. The van der Waals surface area contributed by atoms with Gasteiger partial charge in [-0.05, 0) is 18.1 Å². The molecule has 0 spiro atoms. The molecule has 1 aromatic rings. The number of aryl methyl sites for hydroxylation is 1. The molecule has 3 nitrogen and oxygen atoms in total. The Balaban J connectivity index is 2.21. The second-order valence-electron chi connectivity index (χ2n) is 3.10. The van der Waals surface area contributed by atoms with Gasteiger partial charge in [0.05, 0.1) is 13.2 Å². The van der Waals surface area contributed by atoms with Crippen LogP contribution in [0.2, 0.25) is 0 Å². The van der Waals surface area contributed by atoms with Crippen molar-refractivity contribution in [3.05, 3.63) is 35.4 Å². The molecule has 0 saturated heterocycles. The van der Waals surface area contributed by atoms with E-state index in [0.29, 0.717) is 19.8 Å². The molecule has 0 aromatic heterocycles. The molecule has 0 fully saturated rings. The van der Waals surface area contributed by atoms with E-state index in [2.05, 4.69) is 24.5 Å². The normalized spacial score (nSPS) is 10.4. The molecule has 78 valence electrons. The summed E-state index contributed by atoms with van der Waals surface area (Å²) in [5, 5.41) is 0. The molecule has 14 heavy (non-hydrogen) atoms. The van der Waals surface area contributed by atoms with Gasteiger partial charge in [0, 0.05) is 13.7 Å². The Morgan fingerprint density at radius 2 is 2.07 bits per heavy atom. The van der Waals surface area contributed by atoms with E-state index in [-0.39, 0.29) is 0 Å². The Hall–Kier alpha value is -0.900. The van der Waals surface area contributed by atoms with E-state index < -0.39 is 0 Å². The first-order chi connectivity index (χ1) is 6.84. The van der Waals surface area contributed by atoms with Crippen LogP contribution in [0.15, 0.2) is 24.3 Å². The number of ether oxygens (including phenoxy) is 1. The zero-order chi connectivity index (χ0) is 10.2. The summed E-state index contributed by atoms with van der Waals surface area (Å²) in [4.78, 5) is 5.27. The number of rotatable bonds is 6. The standard InChI is InChI=1S/C11H17NO2/c1-10-5-3-4-6-11(10)9-14-12-7-8-13-2/h3-6,12H,7-9H2,1-2H3. The maximum Gasteiger partial charge on any atom is 0.0935 e. The average molecular weight is 195 g/mol. The van der Waals surface area contributed by atoms with E-state index in [1.807, 2.05) is 12.1 Å². The van der Waals surface area contributed by atoms with Crippen molar-refractivity contribution in [3.8, 4) is 0 Å². The molecule has 0 aliphatic rings. The summed E-state index contributed by atoms with van der Waals surface area (Å²) in [6.07, 6.45) is 0. The quantitative estimate of drug-likeness (QED) is 0.553. The van der Waals surface area contributed by atoms with Crippen LogP contribution < -0.4 is 5.48 Å². The molecule has 0 bridgehead atoms. The van der Waals surface area contributed by atoms with E-state index in [0.717, 1.165) is 0 Å². The van der Waals surface area contributed by atoms with E-state index in [4.69, 9.17) is 9.57 Å². The van der Waals surface area contributed by atoms with Gasteiger partial charge in [0.15, 0.2) is 0 Å². The van der Waals surface area contributed by atoms with Gasteiger partial charge in [-0.3, -0.25) is 4.84 Å². The third-order valence-corrected chi connectivity index (χ3v) is 2.00. The van der Waals surface area contributed by atoms with Crippen LogP contribution in [0, 0.1) is 6.92 Å². The highest BCUT2D eigenvalue weighted by atomic mass is 16.6. The highest BCUT2D eigenvalue weighted by molar-refractivity contribution is 5.24. The monoisotopic (exact) mass is 195 g/mol. The molecule has 0 radical (unpaired) electrons. The van der Waals surface area contributed by atoms with Crippen LogP contribution in [-0.2, 0) is 16.2 Å². The van der Waals surface area contributed by atoms with Crippen LogP contribution in [0.4, 0.5) is 0 Å². The predicted octanol–water partition coefficient (Wildman–Crippen LogP) is 1.66. The molecular weight excluding hydrogens is 178 g/mol. The van der Waals surface area contributed by atoms with Crippen molar-refractivity contribution in [1.82, 2.24) is 5.48 Å². The molecule has 1 aromatic carbocycles. The maximum atomic E-state index is 5.27. The highest BCUT2D eigenvalue weighted by Crippen LogP contribution is 2.06. The Labute approximate surface area is 85.0 Å². The minimum absolute atomic E-state index is 0.594. The van der Waals surface area contributed by atoms with Gasteiger partial charge in [0.1, 0.15) is 0 Å². The molecule has 0 atom stereocenters. The van der Waals surface area contributed by atoms with E-state index in [1.165, 1.54) is 11.1 Å². The molecule has 3 heteroatoms. The van der Waals surface area contributed by atoms with Crippen LogP contribution in [0.5, 0.6) is 0 Å². The number of hydroxylamine groups is 1. The SMILES string of the molecule is COCCNOCc1ccccc1C. The first kappa shape index (κ1) is 11.2. The molecule has 0 saturated carbocycles. The summed E-state index contributed by atoms with van der Waals surface area (Å²) in [7, 11) is 1.67. The zero-order valence-electron chi connectivity index (χ0n) is 8.75. The van der Waals surface area contributed by atoms with Crippen LogP contribution in [0.3, 0.4) is 0 Å². The zero-order valence-corrected chi connectivity index (χ0v) is 8.75. The Morgan fingerprint density at radius 1 is 1.29 bits per heavy atom. The molecule has 1 rings (SSSR count). The number of hydrogen-bond acceptors (Lipinski definition) is 3. The van der Waals surface area contributed by atoms with Gasteiger partial charge in [0.2, 0.25) is 0 Å². The number of hydrogen-bond donors (Lipinski definition) is 1. The van der Waals surface area contributed by atoms with Gasteiger partial charge in [-0.25, -0.2) is 0 Å². The van der Waals surface area contributed by atoms with Gasteiger partial charge >= 0.3 is 0 Å². The van der Waals surface area contributed by atoms with Crippen molar-refractivity contribution in [2.75, 3.05) is 20.3 Å². The lowest BCUT2D eigenvalue weighted by Crippen LogP contribution is -2.19. The maximum absolute atomic E-state index is 5.27. The fourth-order valence-electron chi connectivity index (χ4n) is 1.12. The molecule has 1 N–H and O–H groups in total. The summed E-state index contributed by atoms with van der Waals surface area (Å²) < 4.78 is 4.88. The predicted molar refractivity (Wildman–Crippen MR) is 55.8 cm³/mol. The Bertz CT molecular complexity index is 263.